The van der Waals surface area contributed by atoms with Crippen LogP contribution in [0.3, 0.4) is 0 Å². The van der Waals surface area contributed by atoms with Gasteiger partial charge in [-0.3, -0.25) is 4.79 Å². The Balaban J connectivity index is 2.42. The van der Waals surface area contributed by atoms with Crippen LogP contribution in [0.5, 0.6) is 0 Å². The van der Waals surface area contributed by atoms with Crippen molar-refractivity contribution in [1.82, 2.24) is 0 Å². The van der Waals surface area contributed by atoms with Crippen LogP contribution in [-0.4, -0.2) is 11.8 Å². The standard InChI is InChI=1S/C11H21NO/c1-7(12)5-6-9-10(8(2)13)11(9,3)4/h7,9-10H,5-6,12H2,1-4H3. The van der Waals surface area contributed by atoms with Crippen LogP contribution in [0.2, 0.25) is 0 Å². The lowest BCUT2D eigenvalue weighted by Gasteiger charge is -2.04. The normalized spacial score (nSPS) is 32.7. The zero-order chi connectivity index (χ0) is 10.2. The Morgan fingerprint density at radius 1 is 1.54 bits per heavy atom. The van der Waals surface area contributed by atoms with Crippen molar-refractivity contribution in [2.45, 2.75) is 46.6 Å². The van der Waals surface area contributed by atoms with Gasteiger partial charge in [-0.1, -0.05) is 13.8 Å². The lowest BCUT2D eigenvalue weighted by molar-refractivity contribution is -0.119. The molecule has 2 heteroatoms. The van der Waals surface area contributed by atoms with Crippen LogP contribution in [-0.2, 0) is 4.79 Å². The Labute approximate surface area is 80.9 Å². The lowest BCUT2D eigenvalue weighted by atomic mass is 10.0. The van der Waals surface area contributed by atoms with E-state index in [1.165, 1.54) is 0 Å². The van der Waals surface area contributed by atoms with Crippen molar-refractivity contribution in [2.75, 3.05) is 0 Å². The predicted molar refractivity (Wildman–Crippen MR) is 54.3 cm³/mol. The van der Waals surface area contributed by atoms with E-state index in [9.17, 15) is 4.79 Å². The molecule has 0 spiro atoms. The highest BCUT2D eigenvalue weighted by molar-refractivity contribution is 5.82. The summed E-state index contributed by atoms with van der Waals surface area (Å²) < 4.78 is 0. The van der Waals surface area contributed by atoms with Gasteiger partial charge < -0.3 is 5.73 Å². The molecule has 3 atom stereocenters. The molecular formula is C11H21NO. The van der Waals surface area contributed by atoms with Crippen molar-refractivity contribution < 1.29 is 4.79 Å². The number of carbonyl (C=O) groups is 1. The summed E-state index contributed by atoms with van der Waals surface area (Å²) in [5.74, 6) is 1.22. The second kappa shape index (κ2) is 3.41. The number of nitrogens with two attached hydrogens (primary N) is 1. The van der Waals surface area contributed by atoms with E-state index in [0.29, 0.717) is 17.6 Å². The molecule has 76 valence electrons. The molecule has 0 aromatic rings. The Morgan fingerprint density at radius 3 is 2.38 bits per heavy atom. The summed E-state index contributed by atoms with van der Waals surface area (Å²) >= 11 is 0. The number of carbonyl (C=O) groups excluding carboxylic acids is 1. The second-order valence-electron chi connectivity index (χ2n) is 5.07. The Bertz CT molecular complexity index is 208. The number of hydrogen-bond acceptors (Lipinski definition) is 2. The fraction of sp³-hybridized carbons (Fsp3) is 0.909. The van der Waals surface area contributed by atoms with Crippen molar-refractivity contribution >= 4 is 5.78 Å². The predicted octanol–water partition coefficient (Wildman–Crippen LogP) is 1.98. The van der Waals surface area contributed by atoms with Gasteiger partial charge in [0.25, 0.3) is 0 Å². The van der Waals surface area contributed by atoms with E-state index in [1.807, 2.05) is 6.92 Å². The Kier molecular flexibility index (Phi) is 2.81. The van der Waals surface area contributed by atoms with E-state index in [0.717, 1.165) is 12.8 Å². The third kappa shape index (κ3) is 2.11. The highest BCUT2D eigenvalue weighted by atomic mass is 16.1. The number of Topliss-reactive ketones (excluding diaryl/α,β-unsaturated/α-hetero) is 1. The SMILES string of the molecule is CC(=O)C1C(CCC(C)N)C1(C)C. The van der Waals surface area contributed by atoms with Gasteiger partial charge in [-0.2, -0.15) is 0 Å². The molecule has 1 aliphatic carbocycles. The van der Waals surface area contributed by atoms with Gasteiger partial charge in [0, 0.05) is 12.0 Å². The molecule has 1 fully saturated rings. The molecule has 0 amide bonds. The zero-order valence-corrected chi connectivity index (χ0v) is 9.13. The number of hydrogen-bond donors (Lipinski definition) is 1. The minimum absolute atomic E-state index is 0.237. The molecule has 0 aliphatic heterocycles. The summed E-state index contributed by atoms with van der Waals surface area (Å²) in [5, 5.41) is 0. The first-order valence-corrected chi connectivity index (χ1v) is 5.13. The van der Waals surface area contributed by atoms with Crippen LogP contribution in [0.15, 0.2) is 0 Å². The third-order valence-electron chi connectivity index (χ3n) is 3.42. The molecule has 2 nitrogen and oxygen atoms in total. The smallest absolute Gasteiger partial charge is 0.133 e. The first-order valence-electron chi connectivity index (χ1n) is 5.13. The van der Waals surface area contributed by atoms with Crippen LogP contribution < -0.4 is 5.73 Å². The maximum atomic E-state index is 11.2. The first-order chi connectivity index (χ1) is 5.87. The molecule has 0 saturated heterocycles. The molecule has 3 unspecified atom stereocenters. The van der Waals surface area contributed by atoms with Crippen LogP contribution in [0.1, 0.15) is 40.5 Å². The van der Waals surface area contributed by atoms with Crippen molar-refractivity contribution in [3.8, 4) is 0 Å². The van der Waals surface area contributed by atoms with Crippen LogP contribution in [0.25, 0.3) is 0 Å². The molecule has 1 rings (SSSR count). The highest BCUT2D eigenvalue weighted by Crippen LogP contribution is 2.60. The van der Waals surface area contributed by atoms with Gasteiger partial charge in [-0.25, -0.2) is 0 Å². The molecule has 13 heavy (non-hydrogen) atoms. The topological polar surface area (TPSA) is 43.1 Å². The highest BCUT2D eigenvalue weighted by Gasteiger charge is 2.59. The van der Waals surface area contributed by atoms with Crippen molar-refractivity contribution in [3.63, 3.8) is 0 Å². The number of rotatable bonds is 4. The Morgan fingerprint density at radius 2 is 2.08 bits per heavy atom. The molecule has 0 aromatic heterocycles. The van der Waals surface area contributed by atoms with E-state index in [2.05, 4.69) is 13.8 Å². The van der Waals surface area contributed by atoms with Crippen molar-refractivity contribution in [2.24, 2.45) is 23.0 Å². The molecule has 0 radical (unpaired) electrons. The maximum absolute atomic E-state index is 11.2. The van der Waals surface area contributed by atoms with Crippen LogP contribution in [0, 0.1) is 17.3 Å². The summed E-state index contributed by atoms with van der Waals surface area (Å²) in [6.45, 7) is 8.10. The van der Waals surface area contributed by atoms with Gasteiger partial charge in [0.15, 0.2) is 0 Å². The fourth-order valence-corrected chi connectivity index (χ4v) is 2.53. The monoisotopic (exact) mass is 183 g/mol. The average Bonchev–Trinajstić information content (AvgIpc) is 2.48. The van der Waals surface area contributed by atoms with E-state index in [4.69, 9.17) is 5.73 Å². The van der Waals surface area contributed by atoms with E-state index >= 15 is 0 Å². The number of ketones is 1. The largest absolute Gasteiger partial charge is 0.328 e. The minimum atomic E-state index is 0.237. The average molecular weight is 183 g/mol. The Hall–Kier alpha value is -0.370. The first kappa shape index (κ1) is 10.7. The van der Waals surface area contributed by atoms with Gasteiger partial charge >= 0.3 is 0 Å². The van der Waals surface area contributed by atoms with E-state index < -0.39 is 0 Å². The molecule has 1 aliphatic rings. The minimum Gasteiger partial charge on any atom is -0.328 e. The summed E-state index contributed by atoms with van der Waals surface area (Å²) in [6, 6.07) is 0.268. The molecular weight excluding hydrogens is 162 g/mol. The van der Waals surface area contributed by atoms with Crippen LogP contribution >= 0.6 is 0 Å². The van der Waals surface area contributed by atoms with E-state index in [1.54, 1.807) is 6.92 Å². The second-order valence-corrected chi connectivity index (χ2v) is 5.07. The quantitative estimate of drug-likeness (QED) is 0.724. The maximum Gasteiger partial charge on any atom is 0.133 e. The van der Waals surface area contributed by atoms with Gasteiger partial charge in [-0.05, 0) is 38.0 Å². The van der Waals surface area contributed by atoms with Crippen LogP contribution in [0.4, 0.5) is 0 Å². The summed E-state index contributed by atoms with van der Waals surface area (Å²) in [6.07, 6.45) is 2.15. The van der Waals surface area contributed by atoms with E-state index in [-0.39, 0.29) is 11.5 Å². The van der Waals surface area contributed by atoms with Gasteiger partial charge in [0.05, 0.1) is 0 Å². The molecule has 0 aromatic carbocycles. The molecule has 0 bridgehead atoms. The summed E-state index contributed by atoms with van der Waals surface area (Å²) in [7, 11) is 0. The fourth-order valence-electron chi connectivity index (χ4n) is 2.53. The van der Waals surface area contributed by atoms with Gasteiger partial charge in [0.2, 0.25) is 0 Å². The van der Waals surface area contributed by atoms with Gasteiger partial charge in [-0.15, -0.1) is 0 Å². The lowest BCUT2D eigenvalue weighted by Crippen LogP contribution is -2.14. The molecule has 0 heterocycles. The summed E-state index contributed by atoms with van der Waals surface area (Å²) in [4.78, 5) is 11.2. The van der Waals surface area contributed by atoms with Gasteiger partial charge in [0.1, 0.15) is 5.78 Å². The molecule has 1 saturated carbocycles. The van der Waals surface area contributed by atoms with Crippen molar-refractivity contribution in [3.05, 3.63) is 0 Å². The molecule has 2 N–H and O–H groups in total. The van der Waals surface area contributed by atoms with Crippen molar-refractivity contribution in [1.29, 1.82) is 0 Å². The zero-order valence-electron chi connectivity index (χ0n) is 9.13. The third-order valence-corrected chi connectivity index (χ3v) is 3.42. The summed E-state index contributed by atoms with van der Waals surface area (Å²) in [5.41, 5.74) is 5.93.